The van der Waals surface area contributed by atoms with Crippen LogP contribution in [-0.4, -0.2) is 33.8 Å². The quantitative estimate of drug-likeness (QED) is 0.743. The molecule has 0 radical (unpaired) electrons. The van der Waals surface area contributed by atoms with Crippen molar-refractivity contribution >= 4 is 17.8 Å². The van der Waals surface area contributed by atoms with Crippen LogP contribution < -0.4 is 0 Å². The zero-order valence-corrected chi connectivity index (χ0v) is 9.89. The lowest BCUT2D eigenvalue weighted by Crippen LogP contribution is -2.45. The monoisotopic (exact) mass is 239 g/mol. The Balaban J connectivity index is 2.23. The summed E-state index contributed by atoms with van der Waals surface area (Å²) in [6.45, 7) is 1.85. The minimum absolute atomic E-state index is 0.249. The number of rotatable bonds is 4. The molecule has 3 atom stereocenters. The van der Waals surface area contributed by atoms with E-state index in [-0.39, 0.29) is 23.7 Å². The number of amides is 2. The number of likely N-dealkylation sites (tertiary alicyclic amines) is 1. The summed E-state index contributed by atoms with van der Waals surface area (Å²) in [7, 11) is 0. The predicted octanol–water partition coefficient (Wildman–Crippen LogP) is 1.02. The maximum Gasteiger partial charge on any atom is 0.326 e. The molecule has 2 fully saturated rings. The number of hydrogen-bond donors (Lipinski definition) is 1. The van der Waals surface area contributed by atoms with E-state index in [0.29, 0.717) is 12.8 Å². The van der Waals surface area contributed by atoms with Gasteiger partial charge in [-0.3, -0.25) is 14.5 Å². The van der Waals surface area contributed by atoms with Crippen LogP contribution >= 0.6 is 0 Å². The number of carboxylic acid groups (broad SMARTS) is 1. The van der Waals surface area contributed by atoms with E-state index >= 15 is 0 Å². The van der Waals surface area contributed by atoms with Crippen molar-refractivity contribution in [1.29, 1.82) is 0 Å². The van der Waals surface area contributed by atoms with Crippen LogP contribution in [-0.2, 0) is 14.4 Å². The van der Waals surface area contributed by atoms with Crippen molar-refractivity contribution in [2.45, 2.75) is 45.1 Å². The lowest BCUT2D eigenvalue weighted by atomic mass is 10.00. The molecule has 94 valence electrons. The van der Waals surface area contributed by atoms with E-state index < -0.39 is 12.0 Å². The Kier molecular flexibility index (Phi) is 3.17. The molecule has 3 unspecified atom stereocenters. The summed E-state index contributed by atoms with van der Waals surface area (Å²) < 4.78 is 0. The summed E-state index contributed by atoms with van der Waals surface area (Å²) in [4.78, 5) is 36.3. The summed E-state index contributed by atoms with van der Waals surface area (Å²) in [5.41, 5.74) is 0. The number of carboxylic acids is 1. The molecule has 0 aromatic rings. The van der Waals surface area contributed by atoms with Crippen LogP contribution in [0.3, 0.4) is 0 Å². The van der Waals surface area contributed by atoms with Gasteiger partial charge in [-0.05, 0) is 19.3 Å². The normalized spacial score (nSPS) is 29.6. The molecular weight excluding hydrogens is 222 g/mol. The Hall–Kier alpha value is -1.39. The van der Waals surface area contributed by atoms with Gasteiger partial charge >= 0.3 is 5.97 Å². The van der Waals surface area contributed by atoms with E-state index in [0.717, 1.165) is 24.2 Å². The van der Waals surface area contributed by atoms with Crippen LogP contribution in [0.2, 0.25) is 0 Å². The van der Waals surface area contributed by atoms with E-state index in [4.69, 9.17) is 5.11 Å². The van der Waals surface area contributed by atoms with Crippen molar-refractivity contribution in [2.24, 2.45) is 11.8 Å². The third kappa shape index (κ3) is 1.83. The average molecular weight is 239 g/mol. The Morgan fingerprint density at radius 3 is 2.29 bits per heavy atom. The lowest BCUT2D eigenvalue weighted by Gasteiger charge is -2.23. The van der Waals surface area contributed by atoms with E-state index in [1.165, 1.54) is 0 Å². The highest BCUT2D eigenvalue weighted by Crippen LogP contribution is 2.40. The van der Waals surface area contributed by atoms with E-state index in [9.17, 15) is 14.4 Å². The van der Waals surface area contributed by atoms with Gasteiger partial charge < -0.3 is 5.11 Å². The summed E-state index contributed by atoms with van der Waals surface area (Å²) in [6, 6.07) is -0.967. The Labute approximate surface area is 99.8 Å². The second-order valence-electron chi connectivity index (χ2n) is 4.83. The third-order valence-electron chi connectivity index (χ3n) is 3.78. The maximum absolute atomic E-state index is 12.1. The summed E-state index contributed by atoms with van der Waals surface area (Å²) in [5, 5.41) is 9.12. The molecule has 5 heteroatoms. The van der Waals surface area contributed by atoms with Crippen molar-refractivity contribution in [1.82, 2.24) is 4.90 Å². The molecule has 1 saturated heterocycles. The SMILES string of the molecule is CCCC(C(=O)O)N1C(=O)C2CCCC2C1=O. The van der Waals surface area contributed by atoms with Crippen molar-refractivity contribution in [2.75, 3.05) is 0 Å². The molecule has 0 spiro atoms. The van der Waals surface area contributed by atoms with Gasteiger partial charge in [-0.25, -0.2) is 4.79 Å². The molecule has 0 aromatic heterocycles. The van der Waals surface area contributed by atoms with Crippen LogP contribution in [0.25, 0.3) is 0 Å². The smallest absolute Gasteiger partial charge is 0.326 e. The van der Waals surface area contributed by atoms with Crippen LogP contribution in [0.5, 0.6) is 0 Å². The highest BCUT2D eigenvalue weighted by atomic mass is 16.4. The first-order valence-corrected chi connectivity index (χ1v) is 6.17. The number of hydrogen-bond acceptors (Lipinski definition) is 3. The molecule has 1 aliphatic carbocycles. The highest BCUT2D eigenvalue weighted by molar-refractivity contribution is 6.07. The van der Waals surface area contributed by atoms with Gasteiger partial charge in [-0.1, -0.05) is 19.8 Å². The third-order valence-corrected chi connectivity index (χ3v) is 3.78. The molecule has 2 aliphatic rings. The molecule has 5 nitrogen and oxygen atoms in total. The number of imide groups is 1. The zero-order chi connectivity index (χ0) is 12.6. The van der Waals surface area contributed by atoms with E-state index in [1.807, 2.05) is 6.92 Å². The van der Waals surface area contributed by atoms with Crippen molar-refractivity contribution in [3.8, 4) is 0 Å². The van der Waals surface area contributed by atoms with Gasteiger partial charge in [0.25, 0.3) is 0 Å². The minimum atomic E-state index is -1.08. The molecule has 1 N–H and O–H groups in total. The van der Waals surface area contributed by atoms with Crippen LogP contribution in [0.4, 0.5) is 0 Å². The molecule has 0 bridgehead atoms. The standard InChI is InChI=1S/C12H17NO4/c1-2-4-9(12(16)17)13-10(14)7-5-3-6-8(7)11(13)15/h7-9H,2-6H2,1H3,(H,16,17). The van der Waals surface area contributed by atoms with Gasteiger partial charge in [0.2, 0.25) is 11.8 Å². The highest BCUT2D eigenvalue weighted by Gasteiger charge is 2.52. The summed E-state index contributed by atoms with van der Waals surface area (Å²) in [6.07, 6.45) is 3.33. The molecule has 2 rings (SSSR count). The van der Waals surface area contributed by atoms with Gasteiger partial charge in [-0.2, -0.15) is 0 Å². The van der Waals surface area contributed by atoms with Gasteiger partial charge in [0.15, 0.2) is 0 Å². The fourth-order valence-electron chi connectivity index (χ4n) is 2.96. The van der Waals surface area contributed by atoms with Crippen molar-refractivity contribution < 1.29 is 19.5 Å². The van der Waals surface area contributed by atoms with Gasteiger partial charge in [-0.15, -0.1) is 0 Å². The fourth-order valence-corrected chi connectivity index (χ4v) is 2.96. The second kappa shape index (κ2) is 4.47. The molecule has 2 amide bonds. The average Bonchev–Trinajstić information content (AvgIpc) is 2.82. The first-order valence-electron chi connectivity index (χ1n) is 6.17. The largest absolute Gasteiger partial charge is 0.480 e. The first-order chi connectivity index (χ1) is 8.07. The van der Waals surface area contributed by atoms with Crippen molar-refractivity contribution in [3.05, 3.63) is 0 Å². The molecule has 1 saturated carbocycles. The zero-order valence-electron chi connectivity index (χ0n) is 9.89. The number of carbonyl (C=O) groups excluding carboxylic acids is 2. The Morgan fingerprint density at radius 2 is 1.88 bits per heavy atom. The minimum Gasteiger partial charge on any atom is -0.480 e. The van der Waals surface area contributed by atoms with E-state index in [2.05, 4.69) is 0 Å². The van der Waals surface area contributed by atoms with Crippen LogP contribution in [0, 0.1) is 11.8 Å². The second-order valence-corrected chi connectivity index (χ2v) is 4.83. The van der Waals surface area contributed by atoms with Crippen LogP contribution in [0.1, 0.15) is 39.0 Å². The molecule has 1 heterocycles. The number of fused-ring (bicyclic) bond motifs is 1. The molecular formula is C12H17NO4. The van der Waals surface area contributed by atoms with E-state index in [1.54, 1.807) is 0 Å². The number of nitrogens with zero attached hydrogens (tertiary/aromatic N) is 1. The topological polar surface area (TPSA) is 74.7 Å². The lowest BCUT2D eigenvalue weighted by molar-refractivity contribution is -0.155. The maximum atomic E-state index is 12.1. The molecule has 0 aromatic carbocycles. The molecule has 1 aliphatic heterocycles. The Morgan fingerprint density at radius 1 is 1.35 bits per heavy atom. The van der Waals surface area contributed by atoms with Gasteiger partial charge in [0.1, 0.15) is 6.04 Å². The van der Waals surface area contributed by atoms with Crippen molar-refractivity contribution in [3.63, 3.8) is 0 Å². The summed E-state index contributed by atoms with van der Waals surface area (Å²) >= 11 is 0. The predicted molar refractivity (Wildman–Crippen MR) is 59.0 cm³/mol. The number of aliphatic carboxylic acids is 1. The Bertz CT molecular complexity index is 344. The van der Waals surface area contributed by atoms with Crippen LogP contribution in [0.15, 0.2) is 0 Å². The summed E-state index contributed by atoms with van der Waals surface area (Å²) in [5.74, 6) is -2.10. The fraction of sp³-hybridized carbons (Fsp3) is 0.750. The molecule has 17 heavy (non-hydrogen) atoms. The first kappa shape index (κ1) is 12.1. The van der Waals surface area contributed by atoms with Gasteiger partial charge in [0.05, 0.1) is 11.8 Å². The van der Waals surface area contributed by atoms with Gasteiger partial charge in [0, 0.05) is 0 Å². The number of carbonyl (C=O) groups is 3.